The van der Waals surface area contributed by atoms with E-state index in [1.807, 2.05) is 0 Å². The summed E-state index contributed by atoms with van der Waals surface area (Å²) in [4.78, 5) is 25.8. The van der Waals surface area contributed by atoms with E-state index in [-0.39, 0.29) is 23.9 Å². The number of hydrogen-bond acceptors (Lipinski definition) is 2. The summed E-state index contributed by atoms with van der Waals surface area (Å²) in [5, 5.41) is 3.46. The summed E-state index contributed by atoms with van der Waals surface area (Å²) in [6.07, 6.45) is 3.87. The predicted octanol–water partition coefficient (Wildman–Crippen LogP) is 2.96. The van der Waals surface area contributed by atoms with E-state index >= 15 is 0 Å². The van der Waals surface area contributed by atoms with Gasteiger partial charge in [0.05, 0.1) is 11.6 Å². The zero-order valence-corrected chi connectivity index (χ0v) is 11.2. The first kappa shape index (κ1) is 12.5. The fourth-order valence-corrected chi connectivity index (χ4v) is 3.13. The van der Waals surface area contributed by atoms with Crippen LogP contribution in [0.25, 0.3) is 0 Å². The van der Waals surface area contributed by atoms with Crippen molar-refractivity contribution in [2.24, 2.45) is 5.92 Å². The summed E-state index contributed by atoms with van der Waals surface area (Å²) in [7, 11) is 0. The first-order chi connectivity index (χ1) is 9.16. The smallest absolute Gasteiger partial charge is 0.328 e. The van der Waals surface area contributed by atoms with Crippen LogP contribution in [-0.4, -0.2) is 18.0 Å². The number of carbonyl (C=O) groups is 2. The van der Waals surface area contributed by atoms with Gasteiger partial charge in [-0.05, 0) is 31.0 Å². The lowest BCUT2D eigenvalue weighted by molar-refractivity contribution is -0.124. The van der Waals surface area contributed by atoms with Crippen molar-refractivity contribution in [1.82, 2.24) is 5.32 Å². The van der Waals surface area contributed by atoms with Gasteiger partial charge in [-0.15, -0.1) is 0 Å². The minimum absolute atomic E-state index is 0.00387. The minimum atomic E-state index is -0.338. The molecule has 1 aromatic carbocycles. The lowest BCUT2D eigenvalue weighted by Crippen LogP contribution is -2.61. The highest BCUT2D eigenvalue weighted by molar-refractivity contribution is 6.31. The van der Waals surface area contributed by atoms with Crippen molar-refractivity contribution in [1.29, 1.82) is 0 Å². The van der Waals surface area contributed by atoms with Gasteiger partial charge in [-0.2, -0.15) is 0 Å². The number of anilines is 1. The molecule has 1 saturated carbocycles. The Morgan fingerprint density at radius 2 is 2.00 bits per heavy atom. The molecule has 0 aromatic heterocycles. The standard InChI is InChI=1S/C14H15ClN2O2/c15-9-4-3-5-10(8-9)17-13(18)11-6-1-2-7-12(11)16-14(17)19/h3-5,8,11-12H,1-2,6-7H2,(H,16,19)/t11-,12+/m1/s1. The molecule has 1 aromatic rings. The first-order valence-corrected chi connectivity index (χ1v) is 6.94. The number of halogens is 1. The number of nitrogens with zero attached hydrogens (tertiary/aromatic N) is 1. The maximum atomic E-state index is 12.5. The van der Waals surface area contributed by atoms with Gasteiger partial charge in [0.2, 0.25) is 5.91 Å². The molecule has 1 saturated heterocycles. The molecule has 1 aliphatic heterocycles. The summed E-state index contributed by atoms with van der Waals surface area (Å²) in [6.45, 7) is 0. The Labute approximate surface area is 116 Å². The van der Waals surface area contributed by atoms with E-state index in [9.17, 15) is 9.59 Å². The molecule has 0 bridgehead atoms. The van der Waals surface area contributed by atoms with Gasteiger partial charge in [0.15, 0.2) is 0 Å². The second kappa shape index (κ2) is 4.85. The second-order valence-electron chi connectivity index (χ2n) is 5.10. The first-order valence-electron chi connectivity index (χ1n) is 6.57. The van der Waals surface area contributed by atoms with Gasteiger partial charge in [-0.3, -0.25) is 4.79 Å². The molecule has 0 radical (unpaired) electrons. The second-order valence-corrected chi connectivity index (χ2v) is 5.54. The lowest BCUT2D eigenvalue weighted by Gasteiger charge is -2.39. The van der Waals surface area contributed by atoms with Gasteiger partial charge >= 0.3 is 6.03 Å². The van der Waals surface area contributed by atoms with Crippen molar-refractivity contribution in [3.63, 3.8) is 0 Å². The monoisotopic (exact) mass is 278 g/mol. The largest absolute Gasteiger partial charge is 0.334 e. The highest BCUT2D eigenvalue weighted by atomic mass is 35.5. The minimum Gasteiger partial charge on any atom is -0.334 e. The van der Waals surface area contributed by atoms with E-state index in [0.717, 1.165) is 25.7 Å². The van der Waals surface area contributed by atoms with Crippen LogP contribution < -0.4 is 10.2 Å². The summed E-state index contributed by atoms with van der Waals surface area (Å²) in [6, 6.07) is 6.50. The van der Waals surface area contributed by atoms with Gasteiger partial charge in [-0.1, -0.05) is 30.5 Å². The summed E-state index contributed by atoms with van der Waals surface area (Å²) >= 11 is 5.93. The van der Waals surface area contributed by atoms with E-state index in [4.69, 9.17) is 11.6 Å². The van der Waals surface area contributed by atoms with Gasteiger partial charge in [-0.25, -0.2) is 9.69 Å². The number of rotatable bonds is 1. The van der Waals surface area contributed by atoms with Crippen LogP contribution in [0.4, 0.5) is 10.5 Å². The zero-order chi connectivity index (χ0) is 13.4. The van der Waals surface area contributed by atoms with Crippen molar-refractivity contribution in [2.45, 2.75) is 31.7 Å². The van der Waals surface area contributed by atoms with E-state index in [2.05, 4.69) is 5.32 Å². The van der Waals surface area contributed by atoms with E-state index in [0.29, 0.717) is 10.7 Å². The van der Waals surface area contributed by atoms with Crippen molar-refractivity contribution >= 4 is 29.2 Å². The van der Waals surface area contributed by atoms with Gasteiger partial charge in [0.1, 0.15) is 0 Å². The number of urea groups is 1. The van der Waals surface area contributed by atoms with Gasteiger partial charge in [0, 0.05) is 11.1 Å². The Morgan fingerprint density at radius 1 is 1.21 bits per heavy atom. The number of fused-ring (bicyclic) bond motifs is 1. The Kier molecular flexibility index (Phi) is 3.19. The van der Waals surface area contributed by atoms with E-state index < -0.39 is 0 Å². The van der Waals surface area contributed by atoms with Crippen molar-refractivity contribution in [3.05, 3.63) is 29.3 Å². The molecule has 19 heavy (non-hydrogen) atoms. The zero-order valence-electron chi connectivity index (χ0n) is 10.4. The van der Waals surface area contributed by atoms with Crippen LogP contribution in [0.2, 0.25) is 5.02 Å². The highest BCUT2D eigenvalue weighted by Crippen LogP contribution is 2.32. The van der Waals surface area contributed by atoms with Crippen molar-refractivity contribution in [3.8, 4) is 0 Å². The third-order valence-corrected chi connectivity index (χ3v) is 4.12. The van der Waals surface area contributed by atoms with Gasteiger partial charge < -0.3 is 5.32 Å². The molecule has 1 heterocycles. The maximum absolute atomic E-state index is 12.5. The van der Waals surface area contributed by atoms with Crippen LogP contribution >= 0.6 is 11.6 Å². The molecule has 4 nitrogen and oxygen atoms in total. The Morgan fingerprint density at radius 3 is 2.79 bits per heavy atom. The van der Waals surface area contributed by atoms with E-state index in [1.165, 1.54) is 4.90 Å². The number of nitrogens with one attached hydrogen (secondary N) is 1. The Hall–Kier alpha value is -1.55. The van der Waals surface area contributed by atoms with Crippen LogP contribution in [0.1, 0.15) is 25.7 Å². The Balaban J connectivity index is 1.93. The quantitative estimate of drug-likeness (QED) is 0.859. The van der Waals surface area contributed by atoms with Crippen LogP contribution in [0.3, 0.4) is 0 Å². The van der Waals surface area contributed by atoms with Crippen LogP contribution in [-0.2, 0) is 4.79 Å². The average molecular weight is 279 g/mol. The van der Waals surface area contributed by atoms with Crippen molar-refractivity contribution < 1.29 is 9.59 Å². The number of imide groups is 1. The number of benzene rings is 1. The molecule has 0 unspecified atom stereocenters. The molecule has 2 fully saturated rings. The predicted molar refractivity (Wildman–Crippen MR) is 73.2 cm³/mol. The molecule has 2 atom stereocenters. The van der Waals surface area contributed by atoms with E-state index in [1.54, 1.807) is 24.3 Å². The third kappa shape index (κ3) is 2.21. The van der Waals surface area contributed by atoms with Crippen molar-refractivity contribution in [2.75, 3.05) is 4.90 Å². The van der Waals surface area contributed by atoms with Crippen LogP contribution in [0, 0.1) is 5.92 Å². The fraction of sp³-hybridized carbons (Fsp3) is 0.429. The average Bonchev–Trinajstić information content (AvgIpc) is 2.39. The van der Waals surface area contributed by atoms with Gasteiger partial charge in [0.25, 0.3) is 0 Å². The summed E-state index contributed by atoms with van der Waals surface area (Å²) < 4.78 is 0. The normalized spacial score (nSPS) is 26.9. The SMILES string of the molecule is O=C1N[C@H]2CCCC[C@H]2C(=O)N1c1cccc(Cl)c1. The molecule has 1 aliphatic carbocycles. The number of carbonyl (C=O) groups excluding carboxylic acids is 2. The topological polar surface area (TPSA) is 49.4 Å². The molecule has 0 spiro atoms. The molecule has 1 N–H and O–H groups in total. The molecule has 2 aliphatic rings. The summed E-state index contributed by atoms with van der Waals surface area (Å²) in [5.74, 6) is -0.193. The fourth-order valence-electron chi connectivity index (χ4n) is 2.95. The molecular formula is C14H15ClN2O2. The molecule has 3 rings (SSSR count). The maximum Gasteiger partial charge on any atom is 0.328 e. The summed E-state index contributed by atoms with van der Waals surface area (Å²) in [5.41, 5.74) is 0.541. The Bertz CT molecular complexity index is 532. The highest BCUT2D eigenvalue weighted by Gasteiger charge is 2.42. The number of amides is 3. The van der Waals surface area contributed by atoms with Crippen LogP contribution in [0.5, 0.6) is 0 Å². The molecule has 100 valence electrons. The molecular weight excluding hydrogens is 264 g/mol. The molecule has 3 amide bonds. The van der Waals surface area contributed by atoms with Crippen LogP contribution in [0.15, 0.2) is 24.3 Å². The number of hydrogen-bond donors (Lipinski definition) is 1. The molecule has 5 heteroatoms. The third-order valence-electron chi connectivity index (χ3n) is 3.88. The lowest BCUT2D eigenvalue weighted by atomic mass is 9.82.